The molecule has 1 fully saturated rings. The van der Waals surface area contributed by atoms with Crippen LogP contribution in [0.4, 0.5) is 10.1 Å². The number of likely N-dealkylation sites (N-methyl/N-ethyl adjacent to an activating group) is 1. The van der Waals surface area contributed by atoms with E-state index in [0.29, 0.717) is 11.3 Å². The molecule has 0 aliphatic carbocycles. The lowest BCUT2D eigenvalue weighted by atomic mass is 10.1. The standard InChI is InChI=1S/C12H18FN3O2S/c1-12(2)8-16(19(17,18)15(12)3)11-6-10(13)5-4-9(11)7-14/h4-6H,7-8,14H2,1-3H3. The van der Waals surface area contributed by atoms with Crippen LogP contribution in [0.25, 0.3) is 0 Å². The summed E-state index contributed by atoms with van der Waals surface area (Å²) in [6.45, 7) is 4.08. The smallest absolute Gasteiger partial charge is 0.304 e. The number of benzene rings is 1. The minimum atomic E-state index is -3.63. The van der Waals surface area contributed by atoms with Crippen molar-refractivity contribution in [3.05, 3.63) is 29.6 Å². The second-order valence-electron chi connectivity index (χ2n) is 5.27. The van der Waals surface area contributed by atoms with Crippen LogP contribution in [0.2, 0.25) is 0 Å². The van der Waals surface area contributed by atoms with Gasteiger partial charge in [0, 0.05) is 13.6 Å². The number of halogens is 1. The molecule has 0 atom stereocenters. The summed E-state index contributed by atoms with van der Waals surface area (Å²) in [5.74, 6) is -0.477. The van der Waals surface area contributed by atoms with E-state index in [1.54, 1.807) is 0 Å². The van der Waals surface area contributed by atoms with Gasteiger partial charge in [-0.25, -0.2) is 4.39 Å². The largest absolute Gasteiger partial charge is 0.326 e. The molecule has 1 heterocycles. The molecule has 1 aliphatic rings. The lowest BCUT2D eigenvalue weighted by molar-refractivity contribution is 0.307. The Bertz CT molecular complexity index is 601. The molecule has 7 heteroatoms. The molecule has 1 aromatic carbocycles. The second kappa shape index (κ2) is 4.43. The van der Waals surface area contributed by atoms with E-state index in [1.807, 2.05) is 13.8 Å². The van der Waals surface area contributed by atoms with Crippen molar-refractivity contribution < 1.29 is 12.8 Å². The summed E-state index contributed by atoms with van der Waals surface area (Å²) in [7, 11) is -2.11. The van der Waals surface area contributed by atoms with Gasteiger partial charge in [-0.05, 0) is 31.5 Å². The van der Waals surface area contributed by atoms with Gasteiger partial charge in [-0.2, -0.15) is 12.7 Å². The molecule has 2 N–H and O–H groups in total. The molecule has 0 aromatic heterocycles. The Labute approximate surface area is 113 Å². The van der Waals surface area contributed by atoms with Gasteiger partial charge < -0.3 is 5.73 Å². The Morgan fingerprint density at radius 2 is 2.05 bits per heavy atom. The van der Waals surface area contributed by atoms with Gasteiger partial charge >= 0.3 is 10.2 Å². The van der Waals surface area contributed by atoms with Gasteiger partial charge in [0.25, 0.3) is 0 Å². The minimum absolute atomic E-state index is 0.159. The van der Waals surface area contributed by atoms with Crippen molar-refractivity contribution >= 4 is 15.9 Å². The summed E-state index contributed by atoms with van der Waals surface area (Å²) in [6.07, 6.45) is 0. The third-order valence-corrected chi connectivity index (χ3v) is 5.61. The minimum Gasteiger partial charge on any atom is -0.326 e. The predicted octanol–water partition coefficient (Wildman–Crippen LogP) is 1.06. The third-order valence-electron chi connectivity index (χ3n) is 3.54. The molecule has 0 unspecified atom stereocenters. The highest BCUT2D eigenvalue weighted by Crippen LogP contribution is 2.35. The molecule has 5 nitrogen and oxygen atoms in total. The molecular weight excluding hydrogens is 269 g/mol. The highest BCUT2D eigenvalue weighted by atomic mass is 32.2. The SMILES string of the molecule is CN1C(C)(C)CN(c2cc(F)ccc2CN)S1(=O)=O. The molecule has 2 rings (SSSR count). The van der Waals surface area contributed by atoms with E-state index < -0.39 is 21.6 Å². The molecule has 0 bridgehead atoms. The van der Waals surface area contributed by atoms with Gasteiger partial charge in [0.1, 0.15) is 5.82 Å². The van der Waals surface area contributed by atoms with Crippen LogP contribution in [0.15, 0.2) is 18.2 Å². The molecular formula is C12H18FN3O2S. The van der Waals surface area contributed by atoms with E-state index in [1.165, 1.54) is 33.9 Å². The first-order valence-corrected chi connectivity index (χ1v) is 7.35. The van der Waals surface area contributed by atoms with E-state index in [-0.39, 0.29) is 13.1 Å². The zero-order valence-corrected chi connectivity index (χ0v) is 12.0. The normalized spacial score (nSPS) is 21.8. The summed E-state index contributed by atoms with van der Waals surface area (Å²) in [5, 5.41) is 0. The molecule has 19 heavy (non-hydrogen) atoms. The number of nitrogens with zero attached hydrogens (tertiary/aromatic N) is 2. The lowest BCUT2D eigenvalue weighted by Gasteiger charge is -2.22. The lowest BCUT2D eigenvalue weighted by Crippen LogP contribution is -2.38. The van der Waals surface area contributed by atoms with Crippen LogP contribution < -0.4 is 10.0 Å². The summed E-state index contributed by atoms with van der Waals surface area (Å²) in [5.41, 5.74) is 5.98. The van der Waals surface area contributed by atoms with Gasteiger partial charge in [0.2, 0.25) is 0 Å². The van der Waals surface area contributed by atoms with Gasteiger partial charge in [-0.3, -0.25) is 4.31 Å². The van der Waals surface area contributed by atoms with Gasteiger partial charge in [-0.1, -0.05) is 6.07 Å². The highest BCUT2D eigenvalue weighted by molar-refractivity contribution is 7.90. The number of nitrogens with two attached hydrogens (primary N) is 1. The van der Waals surface area contributed by atoms with Crippen molar-refractivity contribution in [2.45, 2.75) is 25.9 Å². The fourth-order valence-corrected chi connectivity index (χ4v) is 4.02. The van der Waals surface area contributed by atoms with Crippen molar-refractivity contribution in [3.8, 4) is 0 Å². The van der Waals surface area contributed by atoms with E-state index >= 15 is 0 Å². The van der Waals surface area contributed by atoms with Crippen molar-refractivity contribution in [2.24, 2.45) is 5.73 Å². The zero-order valence-electron chi connectivity index (χ0n) is 11.2. The fraction of sp³-hybridized carbons (Fsp3) is 0.500. The number of rotatable bonds is 2. The zero-order chi connectivity index (χ0) is 14.4. The van der Waals surface area contributed by atoms with Crippen molar-refractivity contribution in [1.29, 1.82) is 0 Å². The molecule has 0 saturated carbocycles. The van der Waals surface area contributed by atoms with Crippen LogP contribution in [0.3, 0.4) is 0 Å². The third kappa shape index (κ3) is 2.22. The highest BCUT2D eigenvalue weighted by Gasteiger charge is 2.47. The van der Waals surface area contributed by atoms with Crippen LogP contribution in [0.1, 0.15) is 19.4 Å². The van der Waals surface area contributed by atoms with Crippen LogP contribution in [-0.4, -0.2) is 31.9 Å². The first-order valence-electron chi connectivity index (χ1n) is 5.95. The van der Waals surface area contributed by atoms with E-state index in [9.17, 15) is 12.8 Å². The van der Waals surface area contributed by atoms with Crippen LogP contribution in [0, 0.1) is 5.82 Å². The average molecular weight is 287 g/mol. The molecule has 0 amide bonds. The van der Waals surface area contributed by atoms with Crippen molar-refractivity contribution in [2.75, 3.05) is 17.9 Å². The topological polar surface area (TPSA) is 66.6 Å². The number of hydrogen-bond acceptors (Lipinski definition) is 3. The molecule has 1 aromatic rings. The summed E-state index contributed by atoms with van der Waals surface area (Å²) < 4.78 is 40.7. The maximum atomic E-state index is 13.4. The first kappa shape index (κ1) is 14.2. The second-order valence-corrected chi connectivity index (χ2v) is 7.16. The Kier molecular flexibility index (Phi) is 3.32. The van der Waals surface area contributed by atoms with E-state index in [2.05, 4.69) is 0 Å². The molecule has 1 saturated heterocycles. The molecule has 0 spiro atoms. The van der Waals surface area contributed by atoms with Crippen LogP contribution in [-0.2, 0) is 16.8 Å². The quantitative estimate of drug-likeness (QED) is 0.884. The van der Waals surface area contributed by atoms with Crippen LogP contribution in [0.5, 0.6) is 0 Å². The molecule has 106 valence electrons. The van der Waals surface area contributed by atoms with Crippen molar-refractivity contribution in [1.82, 2.24) is 4.31 Å². The first-order chi connectivity index (χ1) is 8.70. The maximum absolute atomic E-state index is 13.4. The van der Waals surface area contributed by atoms with E-state index in [4.69, 9.17) is 5.73 Å². The average Bonchev–Trinajstić information content (AvgIpc) is 2.49. The number of hydrogen-bond donors (Lipinski definition) is 1. The Morgan fingerprint density at radius 3 is 2.53 bits per heavy atom. The Hall–Kier alpha value is -1.18. The van der Waals surface area contributed by atoms with Gasteiger partial charge in [-0.15, -0.1) is 0 Å². The van der Waals surface area contributed by atoms with E-state index in [0.717, 1.165) is 0 Å². The Morgan fingerprint density at radius 1 is 1.42 bits per heavy atom. The maximum Gasteiger partial charge on any atom is 0.304 e. The number of anilines is 1. The van der Waals surface area contributed by atoms with Gasteiger partial charge in [0.15, 0.2) is 0 Å². The van der Waals surface area contributed by atoms with Crippen LogP contribution >= 0.6 is 0 Å². The summed E-state index contributed by atoms with van der Waals surface area (Å²) in [4.78, 5) is 0. The molecule has 1 aliphatic heterocycles. The van der Waals surface area contributed by atoms with Crippen molar-refractivity contribution in [3.63, 3.8) is 0 Å². The fourth-order valence-electron chi connectivity index (χ4n) is 2.14. The summed E-state index contributed by atoms with van der Waals surface area (Å²) in [6, 6.07) is 4.02. The summed E-state index contributed by atoms with van der Waals surface area (Å²) >= 11 is 0. The molecule has 0 radical (unpaired) electrons. The monoisotopic (exact) mass is 287 g/mol. The van der Waals surface area contributed by atoms with Gasteiger partial charge in [0.05, 0.1) is 17.8 Å². The predicted molar refractivity (Wildman–Crippen MR) is 72.4 cm³/mol. The Balaban J connectivity index is 2.57.